The number of aryl methyl sites for hydroxylation is 1. The number of aromatic nitrogens is 2. The van der Waals surface area contributed by atoms with Crippen molar-refractivity contribution in [2.75, 3.05) is 0 Å². The molecule has 0 aliphatic carbocycles. The molecule has 80 valence electrons. The molecule has 5 nitrogen and oxygen atoms in total. The van der Waals surface area contributed by atoms with Crippen molar-refractivity contribution in [2.24, 2.45) is 0 Å². The fourth-order valence-electron chi connectivity index (χ4n) is 1.39. The van der Waals surface area contributed by atoms with E-state index < -0.39 is 15.9 Å². The molecule has 0 saturated carbocycles. The van der Waals surface area contributed by atoms with Crippen LogP contribution in [0.15, 0.2) is 17.2 Å². The number of H-pyrrole nitrogens is 1. The predicted molar refractivity (Wildman–Crippen MR) is 50.6 cm³/mol. The number of hydrogen-bond acceptors (Lipinski definition) is 3. The fraction of sp³-hybridized carbons (Fsp3) is 0.125. The summed E-state index contributed by atoms with van der Waals surface area (Å²) in [5.41, 5.74) is 0.108. The molecule has 0 radical (unpaired) electrons. The Morgan fingerprint density at radius 3 is 2.80 bits per heavy atom. The summed E-state index contributed by atoms with van der Waals surface area (Å²) >= 11 is 0. The van der Waals surface area contributed by atoms with Crippen molar-refractivity contribution in [3.63, 3.8) is 0 Å². The van der Waals surface area contributed by atoms with Gasteiger partial charge in [0.05, 0.1) is 17.1 Å². The van der Waals surface area contributed by atoms with Crippen molar-refractivity contribution < 1.29 is 17.4 Å². The zero-order chi connectivity index (χ0) is 11.2. The summed E-state index contributed by atoms with van der Waals surface area (Å²) < 4.78 is 44.4. The van der Waals surface area contributed by atoms with Gasteiger partial charge in [0.25, 0.3) is 10.1 Å². The molecule has 0 spiro atoms. The zero-order valence-corrected chi connectivity index (χ0v) is 8.47. The topological polar surface area (TPSA) is 83.0 Å². The van der Waals surface area contributed by atoms with E-state index in [4.69, 9.17) is 4.55 Å². The van der Waals surface area contributed by atoms with E-state index in [2.05, 4.69) is 10.2 Å². The number of nitrogens with one attached hydrogen (secondary N) is 1. The largest absolute Gasteiger partial charge is 0.296 e. The lowest BCUT2D eigenvalue weighted by atomic mass is 10.2. The lowest BCUT2D eigenvalue weighted by Crippen LogP contribution is -2.01. The van der Waals surface area contributed by atoms with E-state index in [1.807, 2.05) is 0 Å². The molecule has 0 aliphatic heterocycles. The van der Waals surface area contributed by atoms with Gasteiger partial charge in [-0.3, -0.25) is 9.65 Å². The maximum absolute atomic E-state index is 13.5. The number of fused-ring (bicyclic) bond motifs is 1. The highest BCUT2D eigenvalue weighted by Crippen LogP contribution is 2.25. The number of rotatable bonds is 1. The first-order chi connectivity index (χ1) is 6.91. The molecule has 15 heavy (non-hydrogen) atoms. The summed E-state index contributed by atoms with van der Waals surface area (Å²) in [5, 5.41) is 5.91. The Labute approximate surface area is 84.7 Å². The molecule has 2 rings (SSSR count). The lowest BCUT2D eigenvalue weighted by Gasteiger charge is -2.02. The van der Waals surface area contributed by atoms with Gasteiger partial charge in [0, 0.05) is 0 Å². The number of benzene rings is 1. The summed E-state index contributed by atoms with van der Waals surface area (Å²) in [6.45, 7) is 1.41. The number of hydrogen-bond donors (Lipinski definition) is 2. The highest BCUT2D eigenvalue weighted by atomic mass is 32.2. The van der Waals surface area contributed by atoms with Crippen LogP contribution in [0.25, 0.3) is 10.9 Å². The maximum atomic E-state index is 13.5. The number of halogens is 1. The van der Waals surface area contributed by atoms with Crippen molar-refractivity contribution in [3.05, 3.63) is 23.6 Å². The van der Waals surface area contributed by atoms with Crippen LogP contribution in [0.1, 0.15) is 5.56 Å². The molecule has 2 N–H and O–H groups in total. The zero-order valence-electron chi connectivity index (χ0n) is 7.65. The third kappa shape index (κ3) is 1.49. The number of aromatic amines is 1. The van der Waals surface area contributed by atoms with Gasteiger partial charge < -0.3 is 0 Å². The summed E-state index contributed by atoms with van der Waals surface area (Å²) in [5.74, 6) is -0.550. The molecular weight excluding hydrogens is 223 g/mol. The van der Waals surface area contributed by atoms with Crippen LogP contribution in [0.2, 0.25) is 0 Å². The quantitative estimate of drug-likeness (QED) is 0.722. The van der Waals surface area contributed by atoms with E-state index >= 15 is 0 Å². The van der Waals surface area contributed by atoms with Crippen molar-refractivity contribution in [2.45, 2.75) is 11.8 Å². The second kappa shape index (κ2) is 3.01. The van der Waals surface area contributed by atoms with Gasteiger partial charge in [-0.05, 0) is 18.6 Å². The molecule has 0 bridgehead atoms. The third-order valence-corrected chi connectivity index (χ3v) is 2.97. The Morgan fingerprint density at radius 2 is 2.20 bits per heavy atom. The summed E-state index contributed by atoms with van der Waals surface area (Å²) in [6, 6.07) is 1.06. The minimum absolute atomic E-state index is 0.0272. The van der Waals surface area contributed by atoms with Crippen LogP contribution in [-0.2, 0) is 10.1 Å². The van der Waals surface area contributed by atoms with Crippen molar-refractivity contribution in [1.82, 2.24) is 10.2 Å². The SMILES string of the molecule is Cc1cc(S(=O)(=O)O)c2[nH]ncc2c1F. The van der Waals surface area contributed by atoms with Gasteiger partial charge >= 0.3 is 0 Å². The Bertz CT molecular complexity index is 633. The van der Waals surface area contributed by atoms with E-state index in [0.717, 1.165) is 6.07 Å². The first kappa shape index (κ1) is 10.1. The van der Waals surface area contributed by atoms with E-state index in [9.17, 15) is 12.8 Å². The smallest absolute Gasteiger partial charge is 0.282 e. The molecule has 0 aliphatic rings. The Morgan fingerprint density at radius 1 is 1.53 bits per heavy atom. The minimum atomic E-state index is -4.38. The van der Waals surface area contributed by atoms with Crippen molar-refractivity contribution in [1.29, 1.82) is 0 Å². The van der Waals surface area contributed by atoms with E-state index in [0.29, 0.717) is 0 Å². The molecule has 0 amide bonds. The van der Waals surface area contributed by atoms with E-state index in [1.54, 1.807) is 0 Å². The second-order valence-corrected chi connectivity index (χ2v) is 4.53. The predicted octanol–water partition coefficient (Wildman–Crippen LogP) is 1.26. The molecule has 7 heteroatoms. The molecule has 0 fully saturated rings. The summed E-state index contributed by atoms with van der Waals surface area (Å²) in [4.78, 5) is -0.367. The molecule has 1 aromatic carbocycles. The Hall–Kier alpha value is -1.47. The van der Waals surface area contributed by atoms with Crippen LogP contribution in [0.5, 0.6) is 0 Å². The van der Waals surface area contributed by atoms with E-state index in [1.165, 1.54) is 13.1 Å². The van der Waals surface area contributed by atoms with Crippen molar-refractivity contribution in [3.8, 4) is 0 Å². The lowest BCUT2D eigenvalue weighted by molar-refractivity contribution is 0.483. The van der Waals surface area contributed by atoms with Gasteiger partial charge in [-0.1, -0.05) is 0 Å². The first-order valence-corrected chi connectivity index (χ1v) is 5.45. The maximum Gasteiger partial charge on any atom is 0.296 e. The second-order valence-electron chi connectivity index (χ2n) is 3.14. The minimum Gasteiger partial charge on any atom is -0.282 e. The van der Waals surface area contributed by atoms with Gasteiger partial charge in [-0.25, -0.2) is 4.39 Å². The summed E-state index contributed by atoms with van der Waals surface area (Å²) in [7, 11) is -4.38. The Kier molecular flexibility index (Phi) is 2.02. The molecule has 1 heterocycles. The Balaban J connectivity index is 2.99. The molecule has 0 unspecified atom stereocenters. The monoisotopic (exact) mass is 230 g/mol. The van der Waals surface area contributed by atoms with Crippen LogP contribution in [0.3, 0.4) is 0 Å². The average Bonchev–Trinajstić information content (AvgIpc) is 2.57. The molecule has 1 aromatic heterocycles. The first-order valence-electron chi connectivity index (χ1n) is 4.01. The highest BCUT2D eigenvalue weighted by Gasteiger charge is 2.19. The normalized spacial score (nSPS) is 12.2. The fourth-order valence-corrected chi connectivity index (χ4v) is 2.13. The van der Waals surface area contributed by atoms with E-state index in [-0.39, 0.29) is 21.4 Å². The van der Waals surface area contributed by atoms with Crippen LogP contribution < -0.4 is 0 Å². The highest BCUT2D eigenvalue weighted by molar-refractivity contribution is 7.86. The van der Waals surface area contributed by atoms with Gasteiger partial charge in [0.1, 0.15) is 10.7 Å². The molecular formula is C8H7FN2O3S. The van der Waals surface area contributed by atoms with Crippen LogP contribution in [0.4, 0.5) is 4.39 Å². The molecule has 0 atom stereocenters. The standard InChI is InChI=1S/C8H7FN2O3S/c1-4-2-6(15(12,13)14)8-5(7(4)9)3-10-11-8/h2-3H,1H3,(H,10,11)(H,12,13,14). The van der Waals surface area contributed by atoms with Crippen LogP contribution in [-0.4, -0.2) is 23.2 Å². The van der Waals surface area contributed by atoms with Gasteiger partial charge in [-0.2, -0.15) is 13.5 Å². The van der Waals surface area contributed by atoms with Crippen LogP contribution in [0, 0.1) is 12.7 Å². The third-order valence-electron chi connectivity index (χ3n) is 2.09. The van der Waals surface area contributed by atoms with Crippen molar-refractivity contribution >= 4 is 21.0 Å². The van der Waals surface area contributed by atoms with Gasteiger partial charge in [0.2, 0.25) is 0 Å². The van der Waals surface area contributed by atoms with Crippen LogP contribution >= 0.6 is 0 Å². The molecule has 0 saturated heterocycles. The average molecular weight is 230 g/mol. The number of nitrogens with zero attached hydrogens (tertiary/aromatic N) is 1. The van der Waals surface area contributed by atoms with Gasteiger partial charge in [-0.15, -0.1) is 0 Å². The van der Waals surface area contributed by atoms with Gasteiger partial charge in [0.15, 0.2) is 0 Å². The summed E-state index contributed by atoms with van der Waals surface area (Å²) in [6.07, 6.45) is 1.17. The molecule has 2 aromatic rings.